The number of likely N-dealkylation sites (N-methyl/N-ethyl adjacent to an activating group) is 1. The molecule has 0 N–H and O–H groups in total. The third kappa shape index (κ3) is 2.18. The van der Waals surface area contributed by atoms with Crippen LogP contribution in [0.2, 0.25) is 0 Å². The fourth-order valence-electron chi connectivity index (χ4n) is 2.26. The Morgan fingerprint density at radius 2 is 2.25 bits per heavy atom. The molecule has 1 heterocycles. The topological polar surface area (TPSA) is 29.5 Å². The second-order valence-corrected chi connectivity index (χ2v) is 4.10. The van der Waals surface area contributed by atoms with Crippen LogP contribution >= 0.6 is 0 Å². The molecule has 86 valence electrons. The highest BCUT2D eigenvalue weighted by molar-refractivity contribution is 5.66. The number of fused-ring (bicyclic) bond motifs is 1. The molecule has 1 aliphatic heterocycles. The van der Waals surface area contributed by atoms with Gasteiger partial charge in [-0.3, -0.25) is 4.79 Å². The largest absolute Gasteiger partial charge is 0.460 e. The van der Waals surface area contributed by atoms with Crippen molar-refractivity contribution < 1.29 is 9.53 Å². The zero-order chi connectivity index (χ0) is 11.5. The molecule has 1 aromatic carbocycles. The molecular formula is C13H17NO2. The van der Waals surface area contributed by atoms with Crippen LogP contribution in [0, 0.1) is 0 Å². The van der Waals surface area contributed by atoms with Crippen molar-refractivity contribution in [3.63, 3.8) is 0 Å². The third-order valence-electron chi connectivity index (χ3n) is 2.92. The summed E-state index contributed by atoms with van der Waals surface area (Å²) in [7, 11) is 0. The number of hydrogen-bond acceptors (Lipinski definition) is 3. The lowest BCUT2D eigenvalue weighted by molar-refractivity contribution is -0.145. The van der Waals surface area contributed by atoms with Gasteiger partial charge in [-0.25, -0.2) is 0 Å². The van der Waals surface area contributed by atoms with E-state index in [1.165, 1.54) is 18.2 Å². The van der Waals surface area contributed by atoms with Crippen LogP contribution in [-0.4, -0.2) is 25.2 Å². The average Bonchev–Trinajstić information content (AvgIpc) is 2.27. The molecule has 0 fully saturated rings. The predicted octanol–water partition coefficient (Wildman–Crippen LogP) is 2.00. The number of carbonyl (C=O) groups excluding carboxylic acids is 1. The highest BCUT2D eigenvalue weighted by atomic mass is 16.5. The number of anilines is 1. The molecule has 16 heavy (non-hydrogen) atoms. The van der Waals surface area contributed by atoms with Crippen molar-refractivity contribution in [3.8, 4) is 0 Å². The number of nitrogens with zero attached hydrogens (tertiary/aromatic N) is 1. The Morgan fingerprint density at radius 1 is 1.50 bits per heavy atom. The molecule has 0 saturated carbocycles. The number of hydrogen-bond donors (Lipinski definition) is 0. The molecule has 1 aliphatic rings. The molecule has 0 aromatic heterocycles. The van der Waals surface area contributed by atoms with Crippen LogP contribution in [-0.2, 0) is 16.0 Å². The Balaban J connectivity index is 2.21. The lowest BCUT2D eigenvalue weighted by atomic mass is 10.00. The van der Waals surface area contributed by atoms with Gasteiger partial charge < -0.3 is 9.64 Å². The van der Waals surface area contributed by atoms with Crippen molar-refractivity contribution in [3.05, 3.63) is 29.8 Å². The molecule has 1 atom stereocenters. The highest BCUT2D eigenvalue weighted by Crippen LogP contribution is 2.27. The van der Waals surface area contributed by atoms with Gasteiger partial charge in [0.25, 0.3) is 0 Å². The molecule has 2 rings (SSSR count). The van der Waals surface area contributed by atoms with Crippen molar-refractivity contribution in [1.29, 1.82) is 0 Å². The second kappa shape index (κ2) is 4.56. The lowest BCUT2D eigenvalue weighted by Gasteiger charge is -2.34. The smallest absolute Gasteiger partial charge is 0.302 e. The molecule has 0 radical (unpaired) electrons. The van der Waals surface area contributed by atoms with E-state index in [0.717, 1.165) is 19.5 Å². The van der Waals surface area contributed by atoms with Gasteiger partial charge in [0.15, 0.2) is 0 Å². The number of ether oxygens (including phenoxy) is 1. The number of benzene rings is 1. The van der Waals surface area contributed by atoms with E-state index in [-0.39, 0.29) is 12.1 Å². The lowest BCUT2D eigenvalue weighted by Crippen LogP contribution is -2.40. The Bertz CT molecular complexity index is 389. The molecule has 1 unspecified atom stereocenters. The fourth-order valence-corrected chi connectivity index (χ4v) is 2.26. The molecule has 0 bridgehead atoms. The van der Waals surface area contributed by atoms with Crippen molar-refractivity contribution in [2.24, 2.45) is 0 Å². The van der Waals surface area contributed by atoms with Gasteiger partial charge in [0.2, 0.25) is 0 Å². The molecule has 0 saturated heterocycles. The first-order chi connectivity index (χ1) is 7.70. The van der Waals surface area contributed by atoms with E-state index in [9.17, 15) is 4.79 Å². The van der Waals surface area contributed by atoms with Gasteiger partial charge in [0.1, 0.15) is 6.10 Å². The molecule has 3 nitrogen and oxygen atoms in total. The van der Waals surface area contributed by atoms with Crippen LogP contribution in [0.4, 0.5) is 5.69 Å². The summed E-state index contributed by atoms with van der Waals surface area (Å²) in [6.45, 7) is 5.32. The Hall–Kier alpha value is -1.51. The molecule has 1 aromatic rings. The first-order valence-corrected chi connectivity index (χ1v) is 5.70. The fraction of sp³-hybridized carbons (Fsp3) is 0.462. The van der Waals surface area contributed by atoms with Gasteiger partial charge in [-0.2, -0.15) is 0 Å². The van der Waals surface area contributed by atoms with Crippen LogP contribution in [0.15, 0.2) is 24.3 Å². The summed E-state index contributed by atoms with van der Waals surface area (Å²) in [5.41, 5.74) is 2.54. The normalized spacial score (nSPS) is 19.1. The van der Waals surface area contributed by atoms with Gasteiger partial charge in [-0.15, -0.1) is 0 Å². The Morgan fingerprint density at radius 3 is 2.94 bits per heavy atom. The van der Waals surface area contributed by atoms with Crippen LogP contribution in [0.25, 0.3) is 0 Å². The Kier molecular flexibility index (Phi) is 3.13. The quantitative estimate of drug-likeness (QED) is 0.712. The van der Waals surface area contributed by atoms with Gasteiger partial charge in [0.05, 0.1) is 6.54 Å². The van der Waals surface area contributed by atoms with E-state index in [1.54, 1.807) is 0 Å². The van der Waals surface area contributed by atoms with Crippen molar-refractivity contribution in [1.82, 2.24) is 0 Å². The molecule has 3 heteroatoms. The van der Waals surface area contributed by atoms with E-state index in [0.29, 0.717) is 0 Å². The maximum atomic E-state index is 11.0. The minimum absolute atomic E-state index is 0.00708. The molecular weight excluding hydrogens is 202 g/mol. The third-order valence-corrected chi connectivity index (χ3v) is 2.92. The van der Waals surface area contributed by atoms with Crippen LogP contribution in [0.1, 0.15) is 19.4 Å². The summed E-state index contributed by atoms with van der Waals surface area (Å²) in [4.78, 5) is 13.2. The van der Waals surface area contributed by atoms with E-state index in [1.807, 2.05) is 12.1 Å². The standard InChI is InChI=1S/C13H17NO2/c1-3-14-9-12(16-10(2)15)8-11-6-4-5-7-13(11)14/h4-7,12H,3,8-9H2,1-2H3. The minimum atomic E-state index is -0.194. The predicted molar refractivity (Wildman–Crippen MR) is 63.6 cm³/mol. The molecule has 0 amide bonds. The zero-order valence-electron chi connectivity index (χ0n) is 9.77. The maximum Gasteiger partial charge on any atom is 0.302 e. The monoisotopic (exact) mass is 219 g/mol. The van der Waals surface area contributed by atoms with Crippen LogP contribution < -0.4 is 4.90 Å². The van der Waals surface area contributed by atoms with Crippen molar-refractivity contribution >= 4 is 11.7 Å². The summed E-state index contributed by atoms with van der Waals surface area (Å²) in [5.74, 6) is -0.194. The zero-order valence-corrected chi connectivity index (χ0v) is 9.77. The van der Waals surface area contributed by atoms with E-state index in [4.69, 9.17) is 4.74 Å². The highest BCUT2D eigenvalue weighted by Gasteiger charge is 2.24. The summed E-state index contributed by atoms with van der Waals surface area (Å²) in [6.07, 6.45) is 0.819. The van der Waals surface area contributed by atoms with Crippen LogP contribution in [0.5, 0.6) is 0 Å². The van der Waals surface area contributed by atoms with Gasteiger partial charge in [0, 0.05) is 25.6 Å². The number of esters is 1. The van der Waals surface area contributed by atoms with Gasteiger partial charge >= 0.3 is 5.97 Å². The minimum Gasteiger partial charge on any atom is -0.460 e. The van der Waals surface area contributed by atoms with E-state index in [2.05, 4.69) is 24.0 Å². The second-order valence-electron chi connectivity index (χ2n) is 4.10. The maximum absolute atomic E-state index is 11.0. The number of para-hydroxylation sites is 1. The van der Waals surface area contributed by atoms with E-state index < -0.39 is 0 Å². The van der Waals surface area contributed by atoms with E-state index >= 15 is 0 Å². The number of rotatable bonds is 2. The van der Waals surface area contributed by atoms with Gasteiger partial charge in [-0.1, -0.05) is 18.2 Å². The summed E-state index contributed by atoms with van der Waals surface area (Å²) in [6, 6.07) is 8.31. The van der Waals surface area contributed by atoms with Crippen molar-refractivity contribution in [2.75, 3.05) is 18.0 Å². The first-order valence-electron chi connectivity index (χ1n) is 5.70. The van der Waals surface area contributed by atoms with Crippen molar-refractivity contribution in [2.45, 2.75) is 26.4 Å². The average molecular weight is 219 g/mol. The van der Waals surface area contributed by atoms with Crippen LogP contribution in [0.3, 0.4) is 0 Å². The van der Waals surface area contributed by atoms with Gasteiger partial charge in [-0.05, 0) is 18.6 Å². The summed E-state index contributed by atoms with van der Waals surface area (Å²) in [5, 5.41) is 0. The summed E-state index contributed by atoms with van der Waals surface area (Å²) >= 11 is 0. The number of carbonyl (C=O) groups is 1. The first kappa shape index (κ1) is 11.0. The molecule has 0 aliphatic carbocycles. The molecule has 0 spiro atoms. The SMILES string of the molecule is CCN1CC(OC(C)=O)Cc2ccccc21. The Labute approximate surface area is 96.0 Å². The summed E-state index contributed by atoms with van der Waals surface area (Å²) < 4.78 is 5.30.